The number of amides is 1. The summed E-state index contributed by atoms with van der Waals surface area (Å²) in [6, 6.07) is 18.1. The van der Waals surface area contributed by atoms with Crippen molar-refractivity contribution in [1.29, 1.82) is 0 Å². The van der Waals surface area contributed by atoms with Gasteiger partial charge in [-0.1, -0.05) is 48.5 Å². The van der Waals surface area contributed by atoms with Gasteiger partial charge in [0.1, 0.15) is 18.7 Å². The van der Waals surface area contributed by atoms with Gasteiger partial charge in [-0.15, -0.1) is 0 Å². The van der Waals surface area contributed by atoms with Crippen LogP contribution >= 0.6 is 8.53 Å². The van der Waals surface area contributed by atoms with Gasteiger partial charge < -0.3 is 18.5 Å². The molecule has 2 aromatic carbocycles. The highest BCUT2D eigenvalue weighted by atomic mass is 31.2. The van der Waals surface area contributed by atoms with E-state index in [0.717, 1.165) is 22.3 Å². The van der Waals surface area contributed by atoms with Crippen molar-refractivity contribution in [2.45, 2.75) is 77.5 Å². The fourth-order valence-electron chi connectivity index (χ4n) is 5.71. The zero-order valence-electron chi connectivity index (χ0n) is 25.6. The molecule has 2 heterocycles. The first-order valence-electron chi connectivity index (χ1n) is 14.9. The van der Waals surface area contributed by atoms with Gasteiger partial charge >= 0.3 is 11.8 Å². The summed E-state index contributed by atoms with van der Waals surface area (Å²) in [5, 5.41) is 2.57. The van der Waals surface area contributed by atoms with Crippen molar-refractivity contribution in [3.63, 3.8) is 0 Å². The number of aromatic nitrogens is 2. The highest BCUT2D eigenvalue weighted by molar-refractivity contribution is 7.44. The Bertz CT molecular complexity index is 1430. The number of hydrogen-bond donors (Lipinski definition) is 1. The molecule has 1 aromatic heterocycles. The molecule has 1 unspecified atom stereocenters. The minimum Gasteiger partial charge on any atom is -0.448 e. The van der Waals surface area contributed by atoms with Gasteiger partial charge in [0.15, 0.2) is 0 Å². The van der Waals surface area contributed by atoms with E-state index in [1.165, 1.54) is 16.8 Å². The van der Waals surface area contributed by atoms with E-state index in [1.807, 2.05) is 24.3 Å². The van der Waals surface area contributed by atoms with Crippen LogP contribution in [0.15, 0.2) is 65.6 Å². The van der Waals surface area contributed by atoms with Crippen LogP contribution in [0.2, 0.25) is 0 Å². The molecule has 1 aliphatic carbocycles. The van der Waals surface area contributed by atoms with Gasteiger partial charge in [-0.3, -0.25) is 9.88 Å². The van der Waals surface area contributed by atoms with Crippen molar-refractivity contribution in [1.82, 2.24) is 14.2 Å². The molecule has 11 heteroatoms. The average Bonchev–Trinajstić information content (AvgIpc) is 3.53. The lowest BCUT2D eigenvalue weighted by Gasteiger charge is -2.36. The van der Waals surface area contributed by atoms with Crippen LogP contribution in [0.5, 0.6) is 0 Å². The predicted octanol–water partition coefficient (Wildman–Crippen LogP) is 6.29. The molecule has 1 amide bonds. The summed E-state index contributed by atoms with van der Waals surface area (Å²) >= 11 is 0. The standard InChI is InChI=1S/C31H39N4O6P/c1-19(2)35(20(3)4)42(38-6)41-27-17-29(40-21(27)5)34-16-15-28(32-30(34)36)33-31(37)39-18-26-24-13-9-7-11-22(24)23-12-8-10-14-25(23)26/h7-16,19-21,26-27,29H,17-18H2,1-6H3,(H,32,33,36,37)/t21-,27-,29-,42?/m1/s1/i5D. The molecule has 1 fully saturated rings. The molecule has 0 saturated carbocycles. The molecule has 42 heavy (non-hydrogen) atoms. The summed E-state index contributed by atoms with van der Waals surface area (Å²) in [7, 11) is 0.229. The van der Waals surface area contributed by atoms with Gasteiger partial charge in [-0.2, -0.15) is 4.98 Å². The number of carbonyl (C=O) groups excluding carboxylic acids is 1. The lowest BCUT2D eigenvalue weighted by atomic mass is 9.98. The van der Waals surface area contributed by atoms with Gasteiger partial charge in [0.05, 0.1) is 12.2 Å². The number of benzene rings is 2. The van der Waals surface area contributed by atoms with Gasteiger partial charge in [0.25, 0.3) is 8.53 Å². The quantitative estimate of drug-likeness (QED) is 0.273. The first-order valence-corrected chi connectivity index (χ1v) is 15.3. The zero-order chi connectivity index (χ0) is 30.7. The van der Waals surface area contributed by atoms with Crippen molar-refractivity contribution >= 4 is 20.4 Å². The maximum Gasteiger partial charge on any atom is 0.412 e. The Hall–Kier alpha value is -3.14. The highest BCUT2D eigenvalue weighted by Crippen LogP contribution is 2.49. The van der Waals surface area contributed by atoms with Gasteiger partial charge in [-0.05, 0) is 62.9 Å². The van der Waals surface area contributed by atoms with E-state index in [9.17, 15) is 9.59 Å². The smallest absolute Gasteiger partial charge is 0.412 e. The van der Waals surface area contributed by atoms with Crippen molar-refractivity contribution in [2.24, 2.45) is 0 Å². The fraction of sp³-hybridized carbons (Fsp3) is 0.452. The van der Waals surface area contributed by atoms with Crippen LogP contribution < -0.4 is 11.0 Å². The van der Waals surface area contributed by atoms with Crippen LogP contribution in [-0.4, -0.2) is 58.3 Å². The Morgan fingerprint density at radius 3 is 2.33 bits per heavy atom. The van der Waals surface area contributed by atoms with Crippen LogP contribution in [0, 0.1) is 0 Å². The molecule has 224 valence electrons. The lowest BCUT2D eigenvalue weighted by Crippen LogP contribution is -2.35. The summed E-state index contributed by atoms with van der Waals surface area (Å²) in [5.41, 5.74) is 3.92. The molecular weight excluding hydrogens is 555 g/mol. The van der Waals surface area contributed by atoms with E-state index >= 15 is 0 Å². The summed E-state index contributed by atoms with van der Waals surface area (Å²) in [4.78, 5) is 29.7. The van der Waals surface area contributed by atoms with Gasteiger partial charge in [0, 0.05) is 39.1 Å². The summed E-state index contributed by atoms with van der Waals surface area (Å²) in [6.07, 6.45) is -0.439. The largest absolute Gasteiger partial charge is 0.448 e. The molecule has 1 aliphatic heterocycles. The third kappa shape index (κ3) is 6.28. The lowest BCUT2D eigenvalue weighted by molar-refractivity contribution is -0.00824. The minimum absolute atomic E-state index is 0.0268. The molecule has 4 atom stereocenters. The first-order chi connectivity index (χ1) is 20.7. The Morgan fingerprint density at radius 1 is 1.12 bits per heavy atom. The average molecular weight is 596 g/mol. The second kappa shape index (κ2) is 13.0. The van der Waals surface area contributed by atoms with E-state index < -0.39 is 38.7 Å². The molecule has 1 saturated heterocycles. The number of anilines is 1. The van der Waals surface area contributed by atoms with Crippen molar-refractivity contribution in [2.75, 3.05) is 19.0 Å². The molecule has 2 aliphatic rings. The molecule has 5 rings (SSSR count). The number of nitrogens with zero attached hydrogens (tertiary/aromatic N) is 3. The predicted molar refractivity (Wildman–Crippen MR) is 162 cm³/mol. The Balaban J connectivity index is 1.21. The van der Waals surface area contributed by atoms with Gasteiger partial charge in [-0.25, -0.2) is 14.3 Å². The SMILES string of the molecule is [2H]C[C@H]1O[C@@H](n2ccc(NC(=O)OCC3c4ccccc4-c4ccccc43)nc2=O)C[C@H]1OP(OC)N(C(C)C)C(C)C. The fourth-order valence-corrected chi connectivity index (χ4v) is 7.30. The second-order valence-electron chi connectivity index (χ2n) is 10.9. The zero-order valence-corrected chi connectivity index (χ0v) is 25.5. The Labute approximate surface area is 249 Å². The second-order valence-corrected chi connectivity index (χ2v) is 12.5. The van der Waals surface area contributed by atoms with E-state index in [4.69, 9.17) is 19.9 Å². The number of nitrogens with one attached hydrogen (secondary N) is 1. The monoisotopic (exact) mass is 595 g/mol. The third-order valence-corrected chi connectivity index (χ3v) is 9.59. The topological polar surface area (TPSA) is 104 Å². The maximum absolute atomic E-state index is 13.0. The molecule has 0 spiro atoms. The summed E-state index contributed by atoms with van der Waals surface area (Å²) in [6.45, 7) is 8.45. The number of fused-ring (bicyclic) bond motifs is 3. The van der Waals surface area contributed by atoms with E-state index in [2.05, 4.69) is 66.9 Å². The summed E-state index contributed by atoms with van der Waals surface area (Å²) < 4.78 is 35.2. The maximum atomic E-state index is 13.0. The number of hydrogen-bond acceptors (Lipinski definition) is 8. The van der Waals surface area contributed by atoms with Crippen molar-refractivity contribution in [3.05, 3.63) is 82.4 Å². The molecule has 1 N–H and O–H groups in total. The van der Waals surface area contributed by atoms with Crippen molar-refractivity contribution < 1.29 is 24.7 Å². The number of carbonyl (C=O) groups is 1. The van der Waals surface area contributed by atoms with Crippen LogP contribution in [0.1, 0.15) is 65.7 Å². The Kier molecular flexibility index (Phi) is 8.97. The number of ether oxygens (including phenoxy) is 2. The van der Waals surface area contributed by atoms with E-state index in [-0.39, 0.29) is 37.3 Å². The highest BCUT2D eigenvalue weighted by Gasteiger charge is 2.39. The van der Waals surface area contributed by atoms with E-state index in [1.54, 1.807) is 7.11 Å². The molecule has 3 aromatic rings. The molecule has 0 bridgehead atoms. The van der Waals surface area contributed by atoms with E-state index in [0.29, 0.717) is 6.42 Å². The first kappa shape index (κ1) is 29.0. The third-order valence-electron chi connectivity index (χ3n) is 7.52. The Morgan fingerprint density at radius 2 is 1.76 bits per heavy atom. The van der Waals surface area contributed by atoms with Crippen LogP contribution in [0.4, 0.5) is 10.6 Å². The van der Waals surface area contributed by atoms with Crippen LogP contribution in [0.3, 0.4) is 0 Å². The van der Waals surface area contributed by atoms with Crippen molar-refractivity contribution in [3.8, 4) is 11.1 Å². The molecular formula is C31H39N4O6P. The van der Waals surface area contributed by atoms with Gasteiger partial charge in [0.2, 0.25) is 0 Å². The molecule has 10 nitrogen and oxygen atoms in total. The summed E-state index contributed by atoms with van der Waals surface area (Å²) in [5.74, 6) is -0.000200. The number of rotatable bonds is 10. The van der Waals surface area contributed by atoms with Crippen LogP contribution in [0.25, 0.3) is 11.1 Å². The normalized spacial score (nSPS) is 21.0. The van der Waals surface area contributed by atoms with Crippen LogP contribution in [-0.2, 0) is 18.5 Å². The minimum atomic E-state index is -1.39. The molecule has 0 radical (unpaired) electrons.